The van der Waals surface area contributed by atoms with Gasteiger partial charge in [0, 0.05) is 12.4 Å². The van der Waals surface area contributed by atoms with Gasteiger partial charge in [0.15, 0.2) is 0 Å². The molecule has 0 aliphatic heterocycles. The topological polar surface area (TPSA) is 43.0 Å². The smallest absolute Gasteiger partial charge is 0.134 e. The monoisotopic (exact) mass is 289 g/mol. The third-order valence-electron chi connectivity index (χ3n) is 3.35. The summed E-state index contributed by atoms with van der Waals surface area (Å²) in [5.74, 6) is 0.846. The van der Waals surface area contributed by atoms with Crippen molar-refractivity contribution < 1.29 is 4.42 Å². The molecule has 0 bridgehead atoms. The summed E-state index contributed by atoms with van der Waals surface area (Å²) in [5.41, 5.74) is 1.79. The van der Waals surface area contributed by atoms with Crippen molar-refractivity contribution >= 4 is 22.6 Å². The summed E-state index contributed by atoms with van der Waals surface area (Å²) in [6.07, 6.45) is 1.66. The molecule has 0 radical (unpaired) electrons. The van der Waals surface area contributed by atoms with Gasteiger partial charge in [-0.1, -0.05) is 36.7 Å². The number of furan rings is 1. The molecular formula is C15H16ClN3O. The van der Waals surface area contributed by atoms with E-state index in [2.05, 4.69) is 17.3 Å². The summed E-state index contributed by atoms with van der Waals surface area (Å²) < 4.78 is 7.73. The minimum atomic E-state index is -0.104. The predicted octanol–water partition coefficient (Wildman–Crippen LogP) is 3.52. The average molecular weight is 290 g/mol. The molecule has 0 saturated heterocycles. The highest BCUT2D eigenvalue weighted by molar-refractivity contribution is 6.31. The molecule has 4 nitrogen and oxygen atoms in total. The van der Waals surface area contributed by atoms with Gasteiger partial charge >= 0.3 is 0 Å². The summed E-state index contributed by atoms with van der Waals surface area (Å²) in [4.78, 5) is 0. The van der Waals surface area contributed by atoms with Crippen LogP contribution in [0.5, 0.6) is 0 Å². The van der Waals surface area contributed by atoms with Crippen LogP contribution in [0.4, 0.5) is 0 Å². The van der Waals surface area contributed by atoms with Gasteiger partial charge in [0.05, 0.1) is 16.9 Å². The maximum absolute atomic E-state index is 6.26. The van der Waals surface area contributed by atoms with Gasteiger partial charge in [-0.15, -0.1) is 0 Å². The van der Waals surface area contributed by atoms with E-state index in [-0.39, 0.29) is 6.04 Å². The zero-order chi connectivity index (χ0) is 14.1. The van der Waals surface area contributed by atoms with Crippen LogP contribution in [-0.2, 0) is 7.05 Å². The summed E-state index contributed by atoms with van der Waals surface area (Å²) >= 11 is 6.26. The van der Waals surface area contributed by atoms with Crippen LogP contribution in [0.3, 0.4) is 0 Å². The van der Waals surface area contributed by atoms with Gasteiger partial charge in [0.25, 0.3) is 0 Å². The van der Waals surface area contributed by atoms with Crippen LogP contribution in [0.25, 0.3) is 11.0 Å². The molecule has 0 fully saturated rings. The van der Waals surface area contributed by atoms with Crippen LogP contribution in [0.2, 0.25) is 5.02 Å². The molecule has 0 spiro atoms. The third-order valence-corrected chi connectivity index (χ3v) is 3.64. The highest BCUT2D eigenvalue weighted by atomic mass is 35.5. The minimum Gasteiger partial charge on any atom is -0.459 e. The Bertz CT molecular complexity index is 679. The fourth-order valence-electron chi connectivity index (χ4n) is 2.43. The molecule has 0 saturated carbocycles. The van der Waals surface area contributed by atoms with Crippen molar-refractivity contribution in [2.24, 2.45) is 7.05 Å². The Morgan fingerprint density at radius 1 is 1.40 bits per heavy atom. The SMILES string of the molecule is CCNC(c1cc2ccccc2o1)c1c(Cl)cnn1C. The number of hydrogen-bond donors (Lipinski definition) is 1. The van der Waals surface area contributed by atoms with Crippen LogP contribution < -0.4 is 5.32 Å². The van der Waals surface area contributed by atoms with Crippen molar-refractivity contribution in [2.75, 3.05) is 6.54 Å². The molecule has 2 aromatic heterocycles. The number of fused-ring (bicyclic) bond motifs is 1. The number of hydrogen-bond acceptors (Lipinski definition) is 3. The summed E-state index contributed by atoms with van der Waals surface area (Å²) in [6.45, 7) is 2.86. The number of benzene rings is 1. The molecule has 104 valence electrons. The van der Waals surface area contributed by atoms with Gasteiger partial charge in [-0.2, -0.15) is 5.10 Å². The molecule has 20 heavy (non-hydrogen) atoms. The van der Waals surface area contributed by atoms with Gasteiger partial charge in [-0.3, -0.25) is 4.68 Å². The average Bonchev–Trinajstić information content (AvgIpc) is 3.01. The van der Waals surface area contributed by atoms with E-state index in [1.807, 2.05) is 37.4 Å². The van der Waals surface area contributed by atoms with Gasteiger partial charge in [-0.25, -0.2) is 0 Å². The maximum Gasteiger partial charge on any atom is 0.134 e. The van der Waals surface area contributed by atoms with E-state index in [0.717, 1.165) is 29.0 Å². The Kier molecular flexibility index (Phi) is 3.51. The molecule has 2 heterocycles. The van der Waals surface area contributed by atoms with Gasteiger partial charge in [0.2, 0.25) is 0 Å². The van der Waals surface area contributed by atoms with E-state index >= 15 is 0 Å². The predicted molar refractivity (Wildman–Crippen MR) is 80.0 cm³/mol. The first-order chi connectivity index (χ1) is 9.70. The van der Waals surface area contributed by atoms with E-state index < -0.39 is 0 Å². The van der Waals surface area contributed by atoms with E-state index in [0.29, 0.717) is 5.02 Å². The number of aromatic nitrogens is 2. The Morgan fingerprint density at radius 2 is 2.20 bits per heavy atom. The summed E-state index contributed by atoms with van der Waals surface area (Å²) in [7, 11) is 1.88. The van der Waals surface area contributed by atoms with E-state index in [4.69, 9.17) is 16.0 Å². The molecule has 0 aliphatic carbocycles. The molecule has 0 amide bonds. The number of para-hydroxylation sites is 1. The number of rotatable bonds is 4. The van der Waals surface area contributed by atoms with Crippen LogP contribution >= 0.6 is 11.6 Å². The highest BCUT2D eigenvalue weighted by Gasteiger charge is 2.23. The van der Waals surface area contributed by atoms with Crippen LogP contribution in [0.1, 0.15) is 24.4 Å². The van der Waals surface area contributed by atoms with Gasteiger partial charge in [0.1, 0.15) is 17.4 Å². The van der Waals surface area contributed by atoms with Crippen LogP contribution in [-0.4, -0.2) is 16.3 Å². The Hall–Kier alpha value is -1.78. The molecule has 3 aromatic rings. The second-order valence-corrected chi connectivity index (χ2v) is 5.09. The molecule has 1 N–H and O–H groups in total. The van der Waals surface area contributed by atoms with E-state index in [1.165, 1.54) is 0 Å². The maximum atomic E-state index is 6.26. The first-order valence-corrected chi connectivity index (χ1v) is 6.97. The van der Waals surface area contributed by atoms with Crippen molar-refractivity contribution in [1.29, 1.82) is 0 Å². The lowest BCUT2D eigenvalue weighted by Crippen LogP contribution is -2.24. The van der Waals surface area contributed by atoms with E-state index in [1.54, 1.807) is 10.9 Å². The lowest BCUT2D eigenvalue weighted by molar-refractivity contribution is 0.459. The molecule has 3 rings (SSSR count). The van der Waals surface area contributed by atoms with Crippen molar-refractivity contribution in [3.63, 3.8) is 0 Å². The van der Waals surface area contributed by atoms with Crippen molar-refractivity contribution in [2.45, 2.75) is 13.0 Å². The lowest BCUT2D eigenvalue weighted by atomic mass is 10.1. The normalized spacial score (nSPS) is 12.9. The molecule has 0 aliphatic rings. The van der Waals surface area contributed by atoms with Crippen LogP contribution in [0.15, 0.2) is 40.9 Å². The Labute approximate surface area is 122 Å². The molecular weight excluding hydrogens is 274 g/mol. The lowest BCUT2D eigenvalue weighted by Gasteiger charge is -2.16. The van der Waals surface area contributed by atoms with Gasteiger partial charge < -0.3 is 9.73 Å². The largest absolute Gasteiger partial charge is 0.459 e. The van der Waals surface area contributed by atoms with Crippen molar-refractivity contribution in [3.8, 4) is 0 Å². The second-order valence-electron chi connectivity index (χ2n) is 4.68. The minimum absolute atomic E-state index is 0.104. The fourth-order valence-corrected chi connectivity index (χ4v) is 2.70. The fraction of sp³-hybridized carbons (Fsp3) is 0.267. The zero-order valence-corrected chi connectivity index (χ0v) is 12.2. The van der Waals surface area contributed by atoms with E-state index in [9.17, 15) is 0 Å². The highest BCUT2D eigenvalue weighted by Crippen LogP contribution is 2.31. The summed E-state index contributed by atoms with van der Waals surface area (Å²) in [6, 6.07) is 9.91. The number of halogens is 1. The standard InChI is InChI=1S/C15H16ClN3O/c1-3-17-14(15-11(16)9-18-19(15)2)13-8-10-6-4-5-7-12(10)20-13/h4-9,14,17H,3H2,1-2H3. The number of aryl methyl sites for hydroxylation is 1. The summed E-state index contributed by atoms with van der Waals surface area (Å²) in [5, 5.41) is 9.33. The zero-order valence-electron chi connectivity index (χ0n) is 11.4. The Balaban J connectivity index is 2.10. The molecule has 1 unspecified atom stereocenters. The third kappa shape index (κ3) is 2.21. The number of nitrogens with zero attached hydrogens (tertiary/aromatic N) is 2. The Morgan fingerprint density at radius 3 is 2.85 bits per heavy atom. The van der Waals surface area contributed by atoms with Crippen LogP contribution in [0, 0.1) is 0 Å². The first-order valence-electron chi connectivity index (χ1n) is 6.60. The van der Waals surface area contributed by atoms with Crippen molar-refractivity contribution in [3.05, 3.63) is 53.0 Å². The first kappa shape index (κ1) is 13.2. The second kappa shape index (κ2) is 5.31. The number of nitrogens with one attached hydrogen (secondary N) is 1. The molecule has 1 atom stereocenters. The molecule has 1 aromatic carbocycles. The van der Waals surface area contributed by atoms with Crippen molar-refractivity contribution in [1.82, 2.24) is 15.1 Å². The molecule has 5 heteroatoms. The van der Waals surface area contributed by atoms with Gasteiger partial charge in [-0.05, 0) is 18.7 Å². The quantitative estimate of drug-likeness (QED) is 0.799.